The minimum Gasteiger partial charge on any atom is -0.378 e. The highest BCUT2D eigenvalue weighted by Crippen LogP contribution is 2.13. The lowest BCUT2D eigenvalue weighted by Gasteiger charge is -2.05. The molecule has 5 heteroatoms. The van der Waals surface area contributed by atoms with Crippen molar-refractivity contribution in [3.05, 3.63) is 54.1 Å². The molecular weight excluding hydrogens is 212 g/mol. The third-order valence-electron chi connectivity index (χ3n) is 1.99. The van der Waals surface area contributed by atoms with Gasteiger partial charge in [-0.15, -0.1) is 0 Å². The number of nitrogens with zero attached hydrogens (tertiary/aromatic N) is 2. The summed E-state index contributed by atoms with van der Waals surface area (Å²) in [5.41, 5.74) is 0.492. The van der Waals surface area contributed by atoms with E-state index in [9.17, 15) is 8.78 Å². The average Bonchev–Trinajstić information content (AvgIpc) is 2.32. The number of hydrogen-bond donors (Lipinski definition) is 1. The highest BCUT2D eigenvalue weighted by molar-refractivity contribution is 5.43. The molecule has 0 fully saturated rings. The van der Waals surface area contributed by atoms with Crippen molar-refractivity contribution in [1.82, 2.24) is 9.97 Å². The molecule has 0 aliphatic carbocycles. The van der Waals surface area contributed by atoms with Gasteiger partial charge < -0.3 is 5.32 Å². The van der Waals surface area contributed by atoms with Gasteiger partial charge >= 0.3 is 0 Å². The monoisotopic (exact) mass is 221 g/mol. The van der Waals surface area contributed by atoms with Crippen molar-refractivity contribution in [2.24, 2.45) is 0 Å². The first kappa shape index (κ1) is 10.5. The van der Waals surface area contributed by atoms with Crippen LogP contribution < -0.4 is 5.32 Å². The Labute approximate surface area is 91.2 Å². The minimum absolute atomic E-state index is 0.367. The van der Waals surface area contributed by atoms with E-state index in [-0.39, 0.29) is 0 Å². The molecule has 1 N–H and O–H groups in total. The van der Waals surface area contributed by atoms with E-state index in [2.05, 4.69) is 15.3 Å². The van der Waals surface area contributed by atoms with Crippen molar-refractivity contribution < 1.29 is 8.78 Å². The van der Waals surface area contributed by atoms with Gasteiger partial charge in [0.15, 0.2) is 11.6 Å². The van der Waals surface area contributed by atoms with Crippen LogP contribution in [0.4, 0.5) is 14.5 Å². The van der Waals surface area contributed by atoms with Gasteiger partial charge in [-0.3, -0.25) is 0 Å². The smallest absolute Gasteiger partial charge is 0.160 e. The zero-order chi connectivity index (χ0) is 11.4. The van der Waals surface area contributed by atoms with Gasteiger partial charge in [0.25, 0.3) is 0 Å². The Bertz CT molecular complexity index is 474. The van der Waals surface area contributed by atoms with Gasteiger partial charge in [-0.25, -0.2) is 18.7 Å². The zero-order valence-corrected chi connectivity index (χ0v) is 8.32. The molecule has 0 atom stereocenters. The molecule has 2 aromatic rings. The van der Waals surface area contributed by atoms with Crippen LogP contribution in [0, 0.1) is 11.6 Å². The molecular formula is C11H9F2N3. The zero-order valence-electron chi connectivity index (χ0n) is 8.32. The summed E-state index contributed by atoms with van der Waals surface area (Å²) in [6, 6.07) is 5.34. The van der Waals surface area contributed by atoms with Crippen LogP contribution in [-0.4, -0.2) is 9.97 Å². The number of hydrogen-bond acceptors (Lipinski definition) is 3. The van der Waals surface area contributed by atoms with Crippen molar-refractivity contribution >= 4 is 5.69 Å². The van der Waals surface area contributed by atoms with Gasteiger partial charge in [-0.05, 0) is 18.2 Å². The van der Waals surface area contributed by atoms with Gasteiger partial charge in [-0.1, -0.05) is 0 Å². The lowest BCUT2D eigenvalue weighted by Crippen LogP contribution is -2.03. The largest absolute Gasteiger partial charge is 0.378 e. The molecule has 3 nitrogen and oxygen atoms in total. The summed E-state index contributed by atoms with van der Waals surface area (Å²) < 4.78 is 25.5. The summed E-state index contributed by atoms with van der Waals surface area (Å²) in [5, 5.41) is 2.90. The van der Waals surface area contributed by atoms with Gasteiger partial charge in [-0.2, -0.15) is 0 Å². The summed E-state index contributed by atoms with van der Waals surface area (Å²) >= 11 is 0. The lowest BCUT2D eigenvalue weighted by molar-refractivity contribution is 0.509. The Morgan fingerprint density at radius 3 is 2.50 bits per heavy atom. The highest BCUT2D eigenvalue weighted by atomic mass is 19.2. The van der Waals surface area contributed by atoms with Crippen LogP contribution in [0.2, 0.25) is 0 Å². The van der Waals surface area contributed by atoms with Crippen LogP contribution in [0.15, 0.2) is 36.7 Å². The van der Waals surface area contributed by atoms with E-state index in [4.69, 9.17) is 0 Å². The van der Waals surface area contributed by atoms with Crippen LogP contribution in [0.3, 0.4) is 0 Å². The Balaban J connectivity index is 2.03. The van der Waals surface area contributed by atoms with E-state index in [1.54, 1.807) is 18.5 Å². The first-order valence-electron chi connectivity index (χ1n) is 4.70. The van der Waals surface area contributed by atoms with E-state index < -0.39 is 11.6 Å². The van der Waals surface area contributed by atoms with Gasteiger partial charge in [0.05, 0.1) is 6.54 Å². The van der Waals surface area contributed by atoms with Gasteiger partial charge in [0.2, 0.25) is 0 Å². The second-order valence-corrected chi connectivity index (χ2v) is 3.15. The predicted molar refractivity (Wildman–Crippen MR) is 55.7 cm³/mol. The van der Waals surface area contributed by atoms with E-state index in [1.807, 2.05) is 0 Å². The molecule has 16 heavy (non-hydrogen) atoms. The fourth-order valence-corrected chi connectivity index (χ4v) is 1.21. The quantitative estimate of drug-likeness (QED) is 0.864. The van der Waals surface area contributed by atoms with Crippen molar-refractivity contribution in [1.29, 1.82) is 0 Å². The summed E-state index contributed by atoms with van der Waals surface area (Å²) in [7, 11) is 0. The molecule has 0 unspecified atom stereocenters. The van der Waals surface area contributed by atoms with Crippen molar-refractivity contribution in [3.8, 4) is 0 Å². The Morgan fingerprint density at radius 2 is 1.81 bits per heavy atom. The number of benzene rings is 1. The molecule has 0 saturated carbocycles. The highest BCUT2D eigenvalue weighted by Gasteiger charge is 2.02. The molecule has 0 amide bonds. The normalized spacial score (nSPS) is 10.1. The van der Waals surface area contributed by atoms with Gasteiger partial charge in [0, 0.05) is 24.1 Å². The maximum absolute atomic E-state index is 12.9. The van der Waals surface area contributed by atoms with Crippen LogP contribution >= 0.6 is 0 Å². The number of nitrogens with one attached hydrogen (secondary N) is 1. The first-order valence-corrected chi connectivity index (χ1v) is 4.70. The molecule has 0 aliphatic heterocycles. The molecule has 2 rings (SSSR count). The van der Waals surface area contributed by atoms with Crippen molar-refractivity contribution in [2.45, 2.75) is 6.54 Å². The van der Waals surface area contributed by atoms with E-state index in [0.717, 1.165) is 12.1 Å². The predicted octanol–water partition coefficient (Wildman–Crippen LogP) is 2.37. The second-order valence-electron chi connectivity index (χ2n) is 3.15. The summed E-state index contributed by atoms with van der Waals surface area (Å²) in [6.07, 6.45) is 3.24. The molecule has 0 aliphatic rings. The molecule has 1 aromatic heterocycles. The SMILES string of the molecule is Fc1ccc(NCc2ncccn2)cc1F. The molecule has 82 valence electrons. The Morgan fingerprint density at radius 1 is 1.06 bits per heavy atom. The van der Waals surface area contributed by atoms with E-state index in [0.29, 0.717) is 18.1 Å². The third-order valence-corrected chi connectivity index (χ3v) is 1.99. The fraction of sp³-hybridized carbons (Fsp3) is 0.0909. The summed E-state index contributed by atoms with van der Waals surface area (Å²) in [5.74, 6) is -1.15. The molecule has 1 heterocycles. The fourth-order valence-electron chi connectivity index (χ4n) is 1.21. The van der Waals surface area contributed by atoms with E-state index >= 15 is 0 Å². The molecule has 0 radical (unpaired) electrons. The number of anilines is 1. The average molecular weight is 221 g/mol. The molecule has 0 spiro atoms. The standard InChI is InChI=1S/C11H9F2N3/c12-9-3-2-8(6-10(9)13)16-7-11-14-4-1-5-15-11/h1-6,16H,7H2. The maximum Gasteiger partial charge on any atom is 0.160 e. The van der Waals surface area contributed by atoms with Crippen LogP contribution in [-0.2, 0) is 6.54 Å². The Kier molecular flexibility index (Phi) is 3.05. The molecule has 0 bridgehead atoms. The molecule has 1 aromatic carbocycles. The topological polar surface area (TPSA) is 37.8 Å². The van der Waals surface area contributed by atoms with E-state index in [1.165, 1.54) is 6.07 Å². The van der Waals surface area contributed by atoms with Crippen molar-refractivity contribution in [2.75, 3.05) is 5.32 Å². The Hall–Kier alpha value is -2.04. The van der Waals surface area contributed by atoms with Crippen molar-refractivity contribution in [3.63, 3.8) is 0 Å². The minimum atomic E-state index is -0.876. The number of rotatable bonds is 3. The third kappa shape index (κ3) is 2.50. The van der Waals surface area contributed by atoms with Crippen LogP contribution in [0.1, 0.15) is 5.82 Å². The summed E-state index contributed by atoms with van der Waals surface area (Å²) in [6.45, 7) is 0.367. The summed E-state index contributed by atoms with van der Waals surface area (Å²) in [4.78, 5) is 7.98. The van der Waals surface area contributed by atoms with Crippen LogP contribution in [0.5, 0.6) is 0 Å². The lowest BCUT2D eigenvalue weighted by atomic mass is 10.3. The number of halogens is 2. The second kappa shape index (κ2) is 4.65. The number of aromatic nitrogens is 2. The van der Waals surface area contributed by atoms with Gasteiger partial charge in [0.1, 0.15) is 5.82 Å². The maximum atomic E-state index is 12.9. The molecule has 0 saturated heterocycles. The van der Waals surface area contributed by atoms with Crippen LogP contribution in [0.25, 0.3) is 0 Å². The first-order chi connectivity index (χ1) is 7.75.